The van der Waals surface area contributed by atoms with Gasteiger partial charge in [-0.3, -0.25) is 0 Å². The summed E-state index contributed by atoms with van der Waals surface area (Å²) >= 11 is 0. The molecular formula is C9H12BiO. The zero-order chi connectivity index (χ0) is 7.40. The summed E-state index contributed by atoms with van der Waals surface area (Å²) in [6, 6.07) is 8.32. The molecule has 0 heterocycles. The van der Waals surface area contributed by atoms with E-state index in [1.54, 1.807) is 7.11 Å². The molecule has 2 heteroatoms. The molecule has 1 aromatic rings. The van der Waals surface area contributed by atoms with Gasteiger partial charge in [0.25, 0.3) is 0 Å². The number of hydrogen-bond donors (Lipinski definition) is 0. The van der Waals surface area contributed by atoms with Crippen molar-refractivity contribution in [2.24, 2.45) is 0 Å². The minimum Gasteiger partial charge on any atom is -0.380 e. The van der Waals surface area contributed by atoms with E-state index in [-0.39, 0.29) is 26.2 Å². The molecule has 0 aliphatic rings. The molecule has 0 aliphatic carbocycles. The summed E-state index contributed by atoms with van der Waals surface area (Å²) in [7, 11) is 1.71. The van der Waals surface area contributed by atoms with Gasteiger partial charge >= 0.3 is 0 Å². The number of ether oxygens (including phenoxy) is 1. The Hall–Kier alpha value is 0.0631. The van der Waals surface area contributed by atoms with Gasteiger partial charge in [-0.1, -0.05) is 29.8 Å². The first kappa shape index (κ1) is 11.1. The van der Waals surface area contributed by atoms with Crippen molar-refractivity contribution in [2.45, 2.75) is 13.5 Å². The van der Waals surface area contributed by atoms with Gasteiger partial charge in [0.05, 0.1) is 6.61 Å². The van der Waals surface area contributed by atoms with Crippen molar-refractivity contribution < 1.29 is 4.74 Å². The van der Waals surface area contributed by atoms with Gasteiger partial charge < -0.3 is 4.74 Å². The van der Waals surface area contributed by atoms with Crippen LogP contribution in [0.25, 0.3) is 0 Å². The number of benzene rings is 1. The summed E-state index contributed by atoms with van der Waals surface area (Å²) in [6.07, 6.45) is 0. The molecule has 0 fully saturated rings. The van der Waals surface area contributed by atoms with Gasteiger partial charge in [-0.2, -0.15) is 0 Å². The average Bonchev–Trinajstić information content (AvgIpc) is 1.88. The Kier molecular flexibility index (Phi) is 5.71. The summed E-state index contributed by atoms with van der Waals surface area (Å²) in [5.74, 6) is 0. The van der Waals surface area contributed by atoms with E-state index >= 15 is 0 Å². The first-order chi connectivity index (χ1) is 4.83. The van der Waals surface area contributed by atoms with Gasteiger partial charge in [0.15, 0.2) is 0 Å². The Morgan fingerprint density at radius 1 is 1.36 bits per heavy atom. The molecule has 1 aromatic carbocycles. The fraction of sp³-hybridized carbons (Fsp3) is 0.333. The molecule has 11 heavy (non-hydrogen) atoms. The fourth-order valence-electron chi connectivity index (χ4n) is 0.969. The Bertz CT molecular complexity index is 210. The van der Waals surface area contributed by atoms with Gasteiger partial charge in [0.2, 0.25) is 0 Å². The molecule has 0 spiro atoms. The fourth-order valence-corrected chi connectivity index (χ4v) is 0.969. The standard InChI is InChI=1S/C9H12O.Bi/c1-8-4-3-5-9(6-8)7-10-2;/h3-6H,7H2,1-2H3;. The molecular weight excluding hydrogens is 333 g/mol. The Morgan fingerprint density at radius 3 is 2.64 bits per heavy atom. The van der Waals surface area contributed by atoms with Gasteiger partial charge in [-0.15, -0.1) is 0 Å². The van der Waals surface area contributed by atoms with Crippen molar-refractivity contribution in [2.75, 3.05) is 7.11 Å². The van der Waals surface area contributed by atoms with Crippen molar-refractivity contribution in [1.82, 2.24) is 0 Å². The normalized spacial score (nSPS) is 8.91. The van der Waals surface area contributed by atoms with Crippen LogP contribution in [-0.2, 0) is 11.3 Å². The van der Waals surface area contributed by atoms with Crippen LogP contribution in [0.5, 0.6) is 0 Å². The Labute approximate surface area is 86.9 Å². The van der Waals surface area contributed by atoms with Crippen molar-refractivity contribution in [3.8, 4) is 0 Å². The molecule has 0 aromatic heterocycles. The van der Waals surface area contributed by atoms with Crippen LogP contribution in [0, 0.1) is 6.92 Å². The van der Waals surface area contributed by atoms with Crippen LogP contribution in [0.3, 0.4) is 0 Å². The molecule has 0 unspecified atom stereocenters. The molecule has 0 aliphatic heterocycles. The van der Waals surface area contributed by atoms with Crippen molar-refractivity contribution in [3.63, 3.8) is 0 Å². The van der Waals surface area contributed by atoms with Crippen LogP contribution in [0.15, 0.2) is 24.3 Å². The molecule has 1 rings (SSSR count). The van der Waals surface area contributed by atoms with E-state index in [0.717, 1.165) is 0 Å². The van der Waals surface area contributed by atoms with E-state index in [0.29, 0.717) is 6.61 Å². The zero-order valence-electron chi connectivity index (χ0n) is 6.87. The average molecular weight is 345 g/mol. The van der Waals surface area contributed by atoms with E-state index < -0.39 is 0 Å². The van der Waals surface area contributed by atoms with E-state index in [4.69, 9.17) is 4.74 Å². The number of rotatable bonds is 2. The zero-order valence-corrected chi connectivity index (χ0v) is 10.3. The molecule has 3 radical (unpaired) electrons. The van der Waals surface area contributed by atoms with Crippen molar-refractivity contribution in [1.29, 1.82) is 0 Å². The summed E-state index contributed by atoms with van der Waals surface area (Å²) in [6.45, 7) is 2.79. The second-order valence-corrected chi connectivity index (χ2v) is 2.42. The predicted molar refractivity (Wildman–Crippen MR) is 47.6 cm³/mol. The maximum absolute atomic E-state index is 4.98. The van der Waals surface area contributed by atoms with Gasteiger partial charge in [-0.25, -0.2) is 0 Å². The van der Waals surface area contributed by atoms with Crippen LogP contribution in [-0.4, -0.2) is 33.3 Å². The van der Waals surface area contributed by atoms with Crippen LogP contribution < -0.4 is 0 Å². The van der Waals surface area contributed by atoms with Gasteiger partial charge in [-0.05, 0) is 12.5 Å². The molecule has 0 saturated heterocycles. The SMILES string of the molecule is COCc1cccc(C)c1.[Bi]. The molecule has 1 nitrogen and oxygen atoms in total. The number of methoxy groups -OCH3 is 1. The topological polar surface area (TPSA) is 9.23 Å². The monoisotopic (exact) mass is 345 g/mol. The van der Waals surface area contributed by atoms with E-state index in [1.807, 2.05) is 6.07 Å². The molecule has 0 saturated carbocycles. The van der Waals surface area contributed by atoms with Crippen LogP contribution in [0.1, 0.15) is 11.1 Å². The smallest absolute Gasteiger partial charge is 0.0713 e. The first-order valence-corrected chi connectivity index (χ1v) is 3.37. The maximum atomic E-state index is 4.98. The Balaban J connectivity index is 0.000001000. The largest absolute Gasteiger partial charge is 0.380 e. The van der Waals surface area contributed by atoms with E-state index in [9.17, 15) is 0 Å². The van der Waals surface area contributed by atoms with E-state index in [1.165, 1.54) is 11.1 Å². The molecule has 0 atom stereocenters. The quantitative estimate of drug-likeness (QED) is 0.743. The summed E-state index contributed by atoms with van der Waals surface area (Å²) < 4.78 is 4.98. The maximum Gasteiger partial charge on any atom is 0.0713 e. The molecule has 0 N–H and O–H groups in total. The predicted octanol–water partition coefficient (Wildman–Crippen LogP) is 1.76. The third-order valence-electron chi connectivity index (χ3n) is 1.39. The summed E-state index contributed by atoms with van der Waals surface area (Å²) in [4.78, 5) is 0. The summed E-state index contributed by atoms with van der Waals surface area (Å²) in [5, 5.41) is 0. The summed E-state index contributed by atoms with van der Waals surface area (Å²) in [5.41, 5.74) is 2.53. The van der Waals surface area contributed by atoms with Gasteiger partial charge in [0, 0.05) is 33.3 Å². The molecule has 0 amide bonds. The number of aryl methyl sites for hydroxylation is 1. The molecule has 0 bridgehead atoms. The minimum atomic E-state index is 0. The third-order valence-corrected chi connectivity index (χ3v) is 1.39. The third kappa shape index (κ3) is 3.83. The van der Waals surface area contributed by atoms with Crippen LogP contribution in [0.4, 0.5) is 0 Å². The van der Waals surface area contributed by atoms with Crippen LogP contribution >= 0.6 is 0 Å². The molecule has 59 valence electrons. The van der Waals surface area contributed by atoms with E-state index in [2.05, 4.69) is 25.1 Å². The first-order valence-electron chi connectivity index (χ1n) is 3.37. The van der Waals surface area contributed by atoms with Crippen molar-refractivity contribution in [3.05, 3.63) is 35.4 Å². The number of hydrogen-bond acceptors (Lipinski definition) is 1. The Morgan fingerprint density at radius 2 is 2.09 bits per heavy atom. The van der Waals surface area contributed by atoms with Crippen LogP contribution in [0.2, 0.25) is 0 Å². The van der Waals surface area contributed by atoms with Crippen molar-refractivity contribution >= 4 is 26.2 Å². The second-order valence-electron chi connectivity index (χ2n) is 2.42. The van der Waals surface area contributed by atoms with Gasteiger partial charge in [0.1, 0.15) is 0 Å². The minimum absolute atomic E-state index is 0. The second kappa shape index (κ2) is 5.68.